The van der Waals surface area contributed by atoms with Gasteiger partial charge in [0.2, 0.25) is 0 Å². The molecule has 1 saturated carbocycles. The van der Waals surface area contributed by atoms with Gasteiger partial charge in [0.15, 0.2) is 0 Å². The van der Waals surface area contributed by atoms with E-state index in [-0.39, 0.29) is 0 Å². The Kier molecular flexibility index (Phi) is 5.08. The summed E-state index contributed by atoms with van der Waals surface area (Å²) in [5.41, 5.74) is 1.33. The number of nitrogens with one attached hydrogen (secondary N) is 1. The van der Waals surface area contributed by atoms with Crippen LogP contribution < -0.4 is 5.32 Å². The Morgan fingerprint density at radius 3 is 2.50 bits per heavy atom. The molecular weight excluding hydrogens is 242 g/mol. The molecule has 0 bridgehead atoms. The van der Waals surface area contributed by atoms with Gasteiger partial charge in [-0.25, -0.2) is 0 Å². The molecule has 1 N–H and O–H groups in total. The Morgan fingerprint density at radius 2 is 1.83 bits per heavy atom. The van der Waals surface area contributed by atoms with Crippen molar-refractivity contribution in [1.82, 2.24) is 5.32 Å². The predicted molar refractivity (Wildman–Crippen MR) is 78.9 cm³/mol. The summed E-state index contributed by atoms with van der Waals surface area (Å²) in [4.78, 5) is 0. The summed E-state index contributed by atoms with van der Waals surface area (Å²) in [6, 6.07) is 8.86. The largest absolute Gasteiger partial charge is 0.310 e. The van der Waals surface area contributed by atoms with Gasteiger partial charge in [-0.05, 0) is 42.4 Å². The van der Waals surface area contributed by atoms with Gasteiger partial charge in [0.1, 0.15) is 0 Å². The van der Waals surface area contributed by atoms with Gasteiger partial charge >= 0.3 is 0 Å². The molecule has 18 heavy (non-hydrogen) atoms. The maximum absolute atomic E-state index is 5.90. The van der Waals surface area contributed by atoms with E-state index in [0.29, 0.717) is 6.04 Å². The second-order valence-electron chi connectivity index (χ2n) is 5.81. The minimum atomic E-state index is 0.689. The smallest absolute Gasteiger partial charge is 0.0406 e. The lowest BCUT2D eigenvalue weighted by Gasteiger charge is -2.35. The highest BCUT2D eigenvalue weighted by Crippen LogP contribution is 2.30. The molecule has 0 radical (unpaired) electrons. The van der Waals surface area contributed by atoms with Crippen LogP contribution in [0.15, 0.2) is 24.3 Å². The van der Waals surface area contributed by atoms with E-state index in [4.69, 9.17) is 11.6 Å². The molecule has 0 amide bonds. The quantitative estimate of drug-likeness (QED) is 0.836. The molecule has 0 aliphatic heterocycles. The fourth-order valence-electron chi connectivity index (χ4n) is 3.06. The van der Waals surface area contributed by atoms with Crippen LogP contribution in [-0.4, -0.2) is 6.04 Å². The Labute approximate surface area is 116 Å². The second-order valence-corrected chi connectivity index (χ2v) is 6.24. The summed E-state index contributed by atoms with van der Waals surface area (Å²) < 4.78 is 0. The molecule has 100 valence electrons. The number of benzene rings is 1. The SMILES string of the molecule is CC(C)C1CCCCC1NCc1ccc(Cl)cc1. The van der Waals surface area contributed by atoms with Crippen molar-refractivity contribution in [1.29, 1.82) is 0 Å². The van der Waals surface area contributed by atoms with Crippen LogP contribution in [0.5, 0.6) is 0 Å². The molecule has 2 rings (SSSR count). The van der Waals surface area contributed by atoms with Crippen LogP contribution in [0.2, 0.25) is 5.02 Å². The lowest BCUT2D eigenvalue weighted by atomic mass is 9.78. The summed E-state index contributed by atoms with van der Waals surface area (Å²) in [6.07, 6.45) is 5.50. The van der Waals surface area contributed by atoms with Crippen molar-refractivity contribution in [2.75, 3.05) is 0 Å². The molecule has 1 aliphatic carbocycles. The zero-order chi connectivity index (χ0) is 13.0. The van der Waals surface area contributed by atoms with Crippen molar-refractivity contribution in [2.24, 2.45) is 11.8 Å². The Bertz CT molecular complexity index is 358. The minimum Gasteiger partial charge on any atom is -0.310 e. The van der Waals surface area contributed by atoms with E-state index >= 15 is 0 Å². The van der Waals surface area contributed by atoms with Crippen molar-refractivity contribution in [3.05, 3.63) is 34.9 Å². The van der Waals surface area contributed by atoms with Crippen LogP contribution in [0.1, 0.15) is 45.1 Å². The van der Waals surface area contributed by atoms with Gasteiger partial charge in [0.05, 0.1) is 0 Å². The van der Waals surface area contributed by atoms with Crippen LogP contribution >= 0.6 is 11.6 Å². The van der Waals surface area contributed by atoms with Crippen molar-refractivity contribution >= 4 is 11.6 Å². The summed E-state index contributed by atoms with van der Waals surface area (Å²) in [5, 5.41) is 4.56. The molecule has 0 spiro atoms. The van der Waals surface area contributed by atoms with Crippen molar-refractivity contribution in [3.8, 4) is 0 Å². The summed E-state index contributed by atoms with van der Waals surface area (Å²) in [5.74, 6) is 1.62. The third-order valence-corrected chi connectivity index (χ3v) is 4.41. The molecule has 2 heteroatoms. The van der Waals surface area contributed by atoms with Crippen molar-refractivity contribution in [2.45, 2.75) is 52.1 Å². The molecule has 2 unspecified atom stereocenters. The van der Waals surface area contributed by atoms with Crippen LogP contribution in [0.25, 0.3) is 0 Å². The predicted octanol–water partition coefficient (Wildman–Crippen LogP) is 4.64. The van der Waals surface area contributed by atoms with E-state index in [9.17, 15) is 0 Å². The first-order valence-corrected chi connectivity index (χ1v) is 7.52. The van der Waals surface area contributed by atoms with Gasteiger partial charge < -0.3 is 5.32 Å². The number of hydrogen-bond donors (Lipinski definition) is 1. The normalized spacial score (nSPS) is 24.4. The Morgan fingerprint density at radius 1 is 1.17 bits per heavy atom. The first-order chi connectivity index (χ1) is 8.66. The molecular formula is C16H24ClN. The Balaban J connectivity index is 1.89. The molecule has 2 atom stereocenters. The van der Waals surface area contributed by atoms with Crippen LogP contribution in [0.3, 0.4) is 0 Å². The molecule has 0 saturated heterocycles. The van der Waals surface area contributed by atoms with Crippen molar-refractivity contribution < 1.29 is 0 Å². The van der Waals surface area contributed by atoms with Gasteiger partial charge in [0, 0.05) is 17.6 Å². The molecule has 1 nitrogen and oxygen atoms in total. The molecule has 0 heterocycles. The highest BCUT2D eigenvalue weighted by Gasteiger charge is 2.26. The summed E-state index contributed by atoms with van der Waals surface area (Å²) in [7, 11) is 0. The number of halogens is 1. The van der Waals surface area contributed by atoms with E-state index in [1.54, 1.807) is 0 Å². The molecule has 0 aromatic heterocycles. The lowest BCUT2D eigenvalue weighted by Crippen LogP contribution is -2.40. The van der Waals surface area contributed by atoms with Crippen LogP contribution in [0.4, 0.5) is 0 Å². The van der Waals surface area contributed by atoms with Crippen LogP contribution in [0, 0.1) is 11.8 Å². The average molecular weight is 266 g/mol. The fourth-order valence-corrected chi connectivity index (χ4v) is 3.19. The third kappa shape index (κ3) is 3.73. The topological polar surface area (TPSA) is 12.0 Å². The molecule has 1 aliphatic rings. The number of hydrogen-bond acceptors (Lipinski definition) is 1. The fraction of sp³-hybridized carbons (Fsp3) is 0.625. The van der Waals surface area contributed by atoms with Gasteiger partial charge in [-0.2, -0.15) is 0 Å². The highest BCUT2D eigenvalue weighted by molar-refractivity contribution is 6.30. The summed E-state index contributed by atoms with van der Waals surface area (Å²) >= 11 is 5.90. The average Bonchev–Trinajstić information content (AvgIpc) is 2.38. The molecule has 1 fully saturated rings. The van der Waals surface area contributed by atoms with Gasteiger partial charge in [0.25, 0.3) is 0 Å². The van der Waals surface area contributed by atoms with E-state index in [2.05, 4.69) is 31.3 Å². The second kappa shape index (κ2) is 6.58. The minimum absolute atomic E-state index is 0.689. The third-order valence-electron chi connectivity index (χ3n) is 4.16. The number of rotatable bonds is 4. The standard InChI is InChI=1S/C16H24ClN/c1-12(2)15-5-3-4-6-16(15)18-11-13-7-9-14(17)10-8-13/h7-10,12,15-16,18H,3-6,11H2,1-2H3. The van der Waals surface area contributed by atoms with E-state index in [1.807, 2.05) is 12.1 Å². The van der Waals surface area contributed by atoms with Crippen LogP contribution in [-0.2, 0) is 6.54 Å². The van der Waals surface area contributed by atoms with E-state index in [1.165, 1.54) is 31.2 Å². The van der Waals surface area contributed by atoms with Gasteiger partial charge in [-0.15, -0.1) is 0 Å². The highest BCUT2D eigenvalue weighted by atomic mass is 35.5. The maximum atomic E-state index is 5.90. The maximum Gasteiger partial charge on any atom is 0.0406 e. The molecule has 1 aromatic rings. The monoisotopic (exact) mass is 265 g/mol. The van der Waals surface area contributed by atoms with E-state index < -0.39 is 0 Å². The first-order valence-electron chi connectivity index (χ1n) is 7.14. The Hall–Kier alpha value is -0.530. The summed E-state index contributed by atoms with van der Waals surface area (Å²) in [6.45, 7) is 5.67. The van der Waals surface area contributed by atoms with Gasteiger partial charge in [-0.3, -0.25) is 0 Å². The van der Waals surface area contributed by atoms with Crippen molar-refractivity contribution in [3.63, 3.8) is 0 Å². The zero-order valence-corrected chi connectivity index (χ0v) is 12.2. The molecule has 1 aromatic carbocycles. The van der Waals surface area contributed by atoms with Gasteiger partial charge in [-0.1, -0.05) is 50.4 Å². The lowest BCUT2D eigenvalue weighted by molar-refractivity contribution is 0.204. The first kappa shape index (κ1) is 13.9. The zero-order valence-electron chi connectivity index (χ0n) is 11.5. The van der Waals surface area contributed by atoms with E-state index in [0.717, 1.165) is 23.4 Å².